The average Bonchev–Trinajstić information content (AvgIpc) is 3.32. The zero-order valence-electron chi connectivity index (χ0n) is 19.7. The van der Waals surface area contributed by atoms with E-state index in [2.05, 4.69) is 10.3 Å². The third-order valence-corrected chi connectivity index (χ3v) is 6.66. The van der Waals surface area contributed by atoms with E-state index in [0.29, 0.717) is 17.9 Å². The van der Waals surface area contributed by atoms with Gasteiger partial charge < -0.3 is 19.1 Å². The lowest BCUT2D eigenvalue weighted by Crippen LogP contribution is -2.48. The number of aromatic nitrogens is 1. The molecule has 9 heteroatoms. The third-order valence-electron chi connectivity index (χ3n) is 5.82. The van der Waals surface area contributed by atoms with Crippen LogP contribution in [0.1, 0.15) is 10.6 Å². The highest BCUT2D eigenvalue weighted by Crippen LogP contribution is 2.28. The minimum atomic E-state index is 0. The Hall–Kier alpha value is -2.81. The molecule has 3 aromatic rings. The fourth-order valence-corrected chi connectivity index (χ4v) is 4.75. The van der Waals surface area contributed by atoms with Crippen LogP contribution in [-0.4, -0.2) is 68.2 Å². The first kappa shape index (κ1) is 25.8. The van der Waals surface area contributed by atoms with Crippen molar-refractivity contribution in [2.24, 2.45) is 0 Å². The van der Waals surface area contributed by atoms with Gasteiger partial charge in [0, 0.05) is 37.1 Å². The molecule has 0 N–H and O–H groups in total. The standard InChI is InChI=1S/C25H29N3O4S.ClH/c1-30-20-7-5-19(6-8-20)21-17-33-24(26-21)16-27-10-12-28(13-11-27)25(29)15-18-4-9-22(31-2)23(14-18)32-3;/h4-9,14,17H,10-13,15-16H2,1-3H3;1H. The summed E-state index contributed by atoms with van der Waals surface area (Å²) in [5.74, 6) is 2.29. The van der Waals surface area contributed by atoms with Gasteiger partial charge in [-0.2, -0.15) is 0 Å². The van der Waals surface area contributed by atoms with Crippen molar-refractivity contribution in [1.82, 2.24) is 14.8 Å². The lowest BCUT2D eigenvalue weighted by molar-refractivity contribution is -0.132. The monoisotopic (exact) mass is 503 g/mol. The molecule has 0 unspecified atom stereocenters. The number of rotatable bonds is 8. The molecule has 0 radical (unpaired) electrons. The largest absolute Gasteiger partial charge is 0.497 e. The topological polar surface area (TPSA) is 64.1 Å². The second kappa shape index (κ2) is 12.1. The van der Waals surface area contributed by atoms with Gasteiger partial charge in [0.2, 0.25) is 5.91 Å². The highest BCUT2D eigenvalue weighted by atomic mass is 35.5. The predicted octanol–water partition coefficient (Wildman–Crippen LogP) is 4.14. The van der Waals surface area contributed by atoms with Crippen molar-refractivity contribution in [2.45, 2.75) is 13.0 Å². The van der Waals surface area contributed by atoms with Crippen LogP contribution in [0.3, 0.4) is 0 Å². The molecule has 0 bridgehead atoms. The highest BCUT2D eigenvalue weighted by molar-refractivity contribution is 7.09. The first-order valence-electron chi connectivity index (χ1n) is 10.9. The van der Waals surface area contributed by atoms with Gasteiger partial charge >= 0.3 is 0 Å². The molecule has 0 spiro atoms. The Labute approximate surface area is 210 Å². The fraction of sp³-hybridized carbons (Fsp3) is 0.360. The van der Waals surface area contributed by atoms with Gasteiger partial charge in [-0.15, -0.1) is 23.7 Å². The van der Waals surface area contributed by atoms with Gasteiger partial charge in [-0.3, -0.25) is 9.69 Å². The number of nitrogens with zero attached hydrogens (tertiary/aromatic N) is 3. The second-order valence-corrected chi connectivity index (χ2v) is 8.82. The van der Waals surface area contributed by atoms with E-state index in [1.165, 1.54) is 0 Å². The molecule has 1 fully saturated rings. The number of methoxy groups -OCH3 is 3. The molecule has 1 amide bonds. The van der Waals surface area contributed by atoms with Crippen molar-refractivity contribution in [3.8, 4) is 28.5 Å². The number of benzene rings is 2. The van der Waals surface area contributed by atoms with E-state index < -0.39 is 0 Å². The Morgan fingerprint density at radius 2 is 1.65 bits per heavy atom. The molecule has 0 saturated carbocycles. The summed E-state index contributed by atoms with van der Waals surface area (Å²) in [5.41, 5.74) is 3.00. The Kier molecular flexibility index (Phi) is 9.15. The minimum Gasteiger partial charge on any atom is -0.497 e. The van der Waals surface area contributed by atoms with Gasteiger partial charge in [0.25, 0.3) is 0 Å². The molecule has 0 aliphatic carbocycles. The molecule has 1 aromatic heterocycles. The number of carbonyl (C=O) groups excluding carboxylic acids is 1. The van der Waals surface area contributed by atoms with Crippen LogP contribution < -0.4 is 14.2 Å². The summed E-state index contributed by atoms with van der Waals surface area (Å²) >= 11 is 1.68. The summed E-state index contributed by atoms with van der Waals surface area (Å²) in [6, 6.07) is 13.6. The molecule has 34 heavy (non-hydrogen) atoms. The number of ether oxygens (including phenoxy) is 3. The summed E-state index contributed by atoms with van der Waals surface area (Å²) in [5, 5.41) is 3.19. The molecule has 1 saturated heterocycles. The first-order chi connectivity index (χ1) is 16.1. The summed E-state index contributed by atoms with van der Waals surface area (Å²) in [6.07, 6.45) is 0.359. The molecule has 1 aliphatic rings. The molecule has 182 valence electrons. The van der Waals surface area contributed by atoms with E-state index in [1.54, 1.807) is 32.7 Å². The lowest BCUT2D eigenvalue weighted by Gasteiger charge is -2.34. The van der Waals surface area contributed by atoms with Crippen LogP contribution in [0.4, 0.5) is 0 Å². The maximum absolute atomic E-state index is 12.8. The summed E-state index contributed by atoms with van der Waals surface area (Å²) < 4.78 is 15.8. The SMILES string of the molecule is COc1ccc(-c2csc(CN3CCN(C(=O)Cc4ccc(OC)c(OC)c4)CC3)n2)cc1.Cl. The zero-order chi connectivity index (χ0) is 23.2. The molecular weight excluding hydrogens is 474 g/mol. The summed E-state index contributed by atoms with van der Waals surface area (Å²) in [4.78, 5) is 21.9. The number of hydrogen-bond donors (Lipinski definition) is 0. The van der Waals surface area contributed by atoms with Gasteiger partial charge in [0.05, 0.1) is 40.0 Å². The van der Waals surface area contributed by atoms with Crippen LogP contribution in [0.15, 0.2) is 47.8 Å². The van der Waals surface area contributed by atoms with Crippen LogP contribution >= 0.6 is 23.7 Å². The molecule has 4 rings (SSSR count). The van der Waals surface area contributed by atoms with E-state index in [9.17, 15) is 4.79 Å². The fourth-order valence-electron chi connectivity index (χ4n) is 3.90. The van der Waals surface area contributed by atoms with Gasteiger partial charge in [-0.25, -0.2) is 4.98 Å². The van der Waals surface area contributed by atoms with Crippen molar-refractivity contribution < 1.29 is 19.0 Å². The number of hydrogen-bond acceptors (Lipinski definition) is 7. The second-order valence-electron chi connectivity index (χ2n) is 7.88. The van der Waals surface area contributed by atoms with E-state index in [0.717, 1.165) is 60.3 Å². The molecule has 7 nitrogen and oxygen atoms in total. The van der Waals surface area contributed by atoms with E-state index >= 15 is 0 Å². The van der Waals surface area contributed by atoms with Crippen molar-refractivity contribution in [1.29, 1.82) is 0 Å². The van der Waals surface area contributed by atoms with Crippen LogP contribution in [0.5, 0.6) is 17.2 Å². The maximum atomic E-state index is 12.8. The van der Waals surface area contributed by atoms with Crippen molar-refractivity contribution in [3.63, 3.8) is 0 Å². The van der Waals surface area contributed by atoms with Crippen LogP contribution in [-0.2, 0) is 17.8 Å². The number of halogens is 1. The molecular formula is C25H30ClN3O4S. The van der Waals surface area contributed by atoms with E-state index in [-0.39, 0.29) is 18.3 Å². The number of amides is 1. The zero-order valence-corrected chi connectivity index (χ0v) is 21.3. The van der Waals surface area contributed by atoms with Crippen LogP contribution in [0.2, 0.25) is 0 Å². The third kappa shape index (κ3) is 6.20. The van der Waals surface area contributed by atoms with Crippen molar-refractivity contribution in [3.05, 3.63) is 58.4 Å². The Bertz CT molecular complexity index is 1080. The Balaban J connectivity index is 0.00000324. The van der Waals surface area contributed by atoms with Crippen molar-refractivity contribution >= 4 is 29.7 Å². The Morgan fingerprint density at radius 3 is 2.29 bits per heavy atom. The lowest BCUT2D eigenvalue weighted by atomic mass is 10.1. The quantitative estimate of drug-likeness (QED) is 0.460. The van der Waals surface area contributed by atoms with E-state index in [1.807, 2.05) is 47.4 Å². The minimum absolute atomic E-state index is 0. The number of thiazole rings is 1. The first-order valence-corrected chi connectivity index (χ1v) is 11.8. The molecule has 2 heterocycles. The van der Waals surface area contributed by atoms with Gasteiger partial charge in [0.15, 0.2) is 11.5 Å². The van der Waals surface area contributed by atoms with Gasteiger partial charge in [-0.1, -0.05) is 6.07 Å². The summed E-state index contributed by atoms with van der Waals surface area (Å²) in [6.45, 7) is 3.94. The predicted molar refractivity (Wildman–Crippen MR) is 136 cm³/mol. The van der Waals surface area contributed by atoms with E-state index in [4.69, 9.17) is 19.2 Å². The normalized spacial score (nSPS) is 13.8. The summed E-state index contributed by atoms with van der Waals surface area (Å²) in [7, 11) is 4.87. The Morgan fingerprint density at radius 1 is 0.941 bits per heavy atom. The molecule has 1 aliphatic heterocycles. The molecule has 0 atom stereocenters. The van der Waals surface area contributed by atoms with Crippen LogP contribution in [0.25, 0.3) is 11.3 Å². The highest BCUT2D eigenvalue weighted by Gasteiger charge is 2.22. The van der Waals surface area contributed by atoms with Crippen molar-refractivity contribution in [2.75, 3.05) is 47.5 Å². The molecule has 2 aromatic carbocycles. The van der Waals surface area contributed by atoms with Crippen LogP contribution in [0, 0.1) is 0 Å². The maximum Gasteiger partial charge on any atom is 0.227 e. The number of piperazine rings is 1. The van der Waals surface area contributed by atoms with Gasteiger partial charge in [-0.05, 0) is 42.0 Å². The van der Waals surface area contributed by atoms with Gasteiger partial charge in [0.1, 0.15) is 10.8 Å². The number of carbonyl (C=O) groups is 1. The average molecular weight is 504 g/mol. The smallest absolute Gasteiger partial charge is 0.227 e.